The average molecular weight is 226 g/mol. The van der Waals surface area contributed by atoms with Crippen LogP contribution >= 0.6 is 11.6 Å². The maximum Gasteiger partial charge on any atom is 0.208 e. The number of alkyl halides is 1. The first-order valence-electron chi connectivity index (χ1n) is 4.56. The van der Waals surface area contributed by atoms with E-state index < -0.39 is 10.0 Å². The first-order chi connectivity index (χ1) is 5.97. The molecule has 1 saturated carbocycles. The van der Waals surface area contributed by atoms with E-state index in [4.69, 9.17) is 11.6 Å². The van der Waals surface area contributed by atoms with E-state index in [0.717, 1.165) is 25.7 Å². The van der Waals surface area contributed by atoms with Crippen LogP contribution in [0.15, 0.2) is 0 Å². The van der Waals surface area contributed by atoms with Crippen LogP contribution in [0.3, 0.4) is 0 Å². The summed E-state index contributed by atoms with van der Waals surface area (Å²) >= 11 is 5.98. The molecule has 1 fully saturated rings. The van der Waals surface area contributed by atoms with Crippen molar-refractivity contribution in [2.75, 3.05) is 12.8 Å². The molecule has 0 radical (unpaired) electrons. The van der Waals surface area contributed by atoms with Gasteiger partial charge in [0.2, 0.25) is 10.0 Å². The molecule has 0 aliphatic heterocycles. The van der Waals surface area contributed by atoms with Crippen molar-refractivity contribution in [3.63, 3.8) is 0 Å². The van der Waals surface area contributed by atoms with Crippen molar-refractivity contribution in [2.45, 2.75) is 31.1 Å². The van der Waals surface area contributed by atoms with Gasteiger partial charge in [-0.3, -0.25) is 0 Å². The van der Waals surface area contributed by atoms with Crippen LogP contribution in [-0.4, -0.2) is 26.6 Å². The Balaban J connectivity index is 2.29. The lowest BCUT2D eigenvalue weighted by atomic mass is 9.89. The summed E-state index contributed by atoms with van der Waals surface area (Å²) in [6.45, 7) is 0.544. The standard InChI is InChI=1S/C8H16ClNO2S/c1-13(11,12)10-6-7-3-2-4-8(9)5-7/h7-8,10H,2-6H2,1H3. The molecular formula is C8H16ClNO2S. The first-order valence-corrected chi connectivity index (χ1v) is 6.89. The third kappa shape index (κ3) is 4.84. The lowest BCUT2D eigenvalue weighted by Crippen LogP contribution is -2.31. The molecule has 1 rings (SSSR count). The quantitative estimate of drug-likeness (QED) is 0.737. The van der Waals surface area contributed by atoms with Gasteiger partial charge >= 0.3 is 0 Å². The Morgan fingerprint density at radius 3 is 2.69 bits per heavy atom. The van der Waals surface area contributed by atoms with Gasteiger partial charge < -0.3 is 0 Å². The van der Waals surface area contributed by atoms with E-state index in [2.05, 4.69) is 4.72 Å². The molecule has 0 aromatic heterocycles. The second-order valence-electron chi connectivity index (χ2n) is 3.75. The largest absolute Gasteiger partial charge is 0.215 e. The van der Waals surface area contributed by atoms with Gasteiger partial charge in [0.15, 0.2) is 0 Å². The van der Waals surface area contributed by atoms with Crippen LogP contribution in [0.1, 0.15) is 25.7 Å². The highest BCUT2D eigenvalue weighted by Gasteiger charge is 2.20. The molecule has 13 heavy (non-hydrogen) atoms. The number of rotatable bonds is 3. The van der Waals surface area contributed by atoms with Crippen molar-refractivity contribution >= 4 is 21.6 Å². The maximum atomic E-state index is 10.8. The zero-order valence-corrected chi connectivity index (χ0v) is 9.37. The minimum atomic E-state index is -3.03. The fourth-order valence-electron chi connectivity index (χ4n) is 1.68. The van der Waals surface area contributed by atoms with E-state index >= 15 is 0 Å². The Kier molecular flexibility index (Phi) is 4.01. The van der Waals surface area contributed by atoms with Gasteiger partial charge in [0.1, 0.15) is 0 Å². The Labute approximate surface area is 84.9 Å². The van der Waals surface area contributed by atoms with Gasteiger partial charge in [0.05, 0.1) is 6.26 Å². The molecular weight excluding hydrogens is 210 g/mol. The average Bonchev–Trinajstić information content (AvgIpc) is 2.00. The molecule has 0 bridgehead atoms. The zero-order valence-electron chi connectivity index (χ0n) is 7.79. The highest BCUT2D eigenvalue weighted by atomic mass is 35.5. The van der Waals surface area contributed by atoms with E-state index in [9.17, 15) is 8.42 Å². The van der Waals surface area contributed by atoms with Gasteiger partial charge in [-0.25, -0.2) is 13.1 Å². The third-order valence-electron chi connectivity index (χ3n) is 2.35. The van der Waals surface area contributed by atoms with Crippen LogP contribution in [0.5, 0.6) is 0 Å². The molecule has 0 amide bonds. The molecule has 0 aromatic rings. The normalized spacial score (nSPS) is 30.3. The Hall–Kier alpha value is 0.200. The van der Waals surface area contributed by atoms with Crippen molar-refractivity contribution in [1.29, 1.82) is 0 Å². The molecule has 3 nitrogen and oxygen atoms in total. The van der Waals surface area contributed by atoms with Crippen LogP contribution in [0.4, 0.5) is 0 Å². The molecule has 2 atom stereocenters. The summed E-state index contributed by atoms with van der Waals surface area (Å²) in [5.41, 5.74) is 0. The Morgan fingerprint density at radius 1 is 1.46 bits per heavy atom. The number of hydrogen-bond donors (Lipinski definition) is 1. The predicted octanol–water partition coefficient (Wildman–Crippen LogP) is 1.33. The summed E-state index contributed by atoms with van der Waals surface area (Å²) in [4.78, 5) is 0. The minimum Gasteiger partial charge on any atom is -0.215 e. The highest BCUT2D eigenvalue weighted by Crippen LogP contribution is 2.27. The maximum absolute atomic E-state index is 10.8. The van der Waals surface area contributed by atoms with E-state index in [-0.39, 0.29) is 5.38 Å². The Bertz CT molecular complexity index is 253. The first kappa shape index (κ1) is 11.3. The summed E-state index contributed by atoms with van der Waals surface area (Å²) in [5.74, 6) is 0.422. The van der Waals surface area contributed by atoms with E-state index in [0.29, 0.717) is 12.5 Å². The smallest absolute Gasteiger partial charge is 0.208 e. The van der Waals surface area contributed by atoms with Crippen molar-refractivity contribution < 1.29 is 8.42 Å². The molecule has 5 heteroatoms. The lowest BCUT2D eigenvalue weighted by Gasteiger charge is -2.25. The topological polar surface area (TPSA) is 46.2 Å². The molecule has 1 aliphatic carbocycles. The monoisotopic (exact) mass is 225 g/mol. The summed E-state index contributed by atoms with van der Waals surface area (Å²) in [5, 5.41) is 0.236. The van der Waals surface area contributed by atoms with Crippen LogP contribution in [0.2, 0.25) is 0 Å². The van der Waals surface area contributed by atoms with E-state index in [1.807, 2.05) is 0 Å². The van der Waals surface area contributed by atoms with Crippen LogP contribution in [-0.2, 0) is 10.0 Å². The number of sulfonamides is 1. The van der Waals surface area contributed by atoms with Gasteiger partial charge in [-0.2, -0.15) is 0 Å². The molecule has 0 saturated heterocycles. The second-order valence-corrected chi connectivity index (χ2v) is 6.20. The van der Waals surface area contributed by atoms with Gasteiger partial charge in [0.25, 0.3) is 0 Å². The molecule has 0 aromatic carbocycles. The number of halogens is 1. The predicted molar refractivity (Wildman–Crippen MR) is 54.4 cm³/mol. The zero-order chi connectivity index (χ0) is 9.90. The van der Waals surface area contributed by atoms with Crippen molar-refractivity contribution in [3.8, 4) is 0 Å². The molecule has 1 N–H and O–H groups in total. The highest BCUT2D eigenvalue weighted by molar-refractivity contribution is 7.88. The molecule has 2 unspecified atom stereocenters. The SMILES string of the molecule is CS(=O)(=O)NCC1CCCC(Cl)C1. The fraction of sp³-hybridized carbons (Fsp3) is 1.00. The van der Waals surface area contributed by atoms with Crippen molar-refractivity contribution in [2.24, 2.45) is 5.92 Å². The minimum absolute atomic E-state index is 0.236. The summed E-state index contributed by atoms with van der Waals surface area (Å²) in [6, 6.07) is 0. The van der Waals surface area contributed by atoms with Gasteiger partial charge in [-0.05, 0) is 25.2 Å². The van der Waals surface area contributed by atoms with Crippen molar-refractivity contribution in [3.05, 3.63) is 0 Å². The van der Waals surface area contributed by atoms with Crippen LogP contribution < -0.4 is 4.72 Å². The summed E-state index contributed by atoms with van der Waals surface area (Å²) in [7, 11) is -3.03. The van der Waals surface area contributed by atoms with E-state index in [1.165, 1.54) is 6.26 Å². The lowest BCUT2D eigenvalue weighted by molar-refractivity contribution is 0.362. The summed E-state index contributed by atoms with van der Waals surface area (Å²) in [6.07, 6.45) is 5.39. The van der Waals surface area contributed by atoms with Gasteiger partial charge in [-0.1, -0.05) is 6.42 Å². The van der Waals surface area contributed by atoms with E-state index in [1.54, 1.807) is 0 Å². The summed E-state index contributed by atoms with van der Waals surface area (Å²) < 4.78 is 24.1. The Morgan fingerprint density at radius 2 is 2.15 bits per heavy atom. The molecule has 0 spiro atoms. The number of nitrogens with one attached hydrogen (secondary N) is 1. The number of hydrogen-bond acceptors (Lipinski definition) is 2. The molecule has 78 valence electrons. The van der Waals surface area contributed by atoms with Crippen LogP contribution in [0, 0.1) is 5.92 Å². The molecule has 1 aliphatic rings. The fourth-order valence-corrected chi connectivity index (χ4v) is 2.62. The van der Waals surface area contributed by atoms with Gasteiger partial charge in [-0.15, -0.1) is 11.6 Å². The van der Waals surface area contributed by atoms with Gasteiger partial charge in [0, 0.05) is 11.9 Å². The third-order valence-corrected chi connectivity index (χ3v) is 3.44. The second kappa shape index (κ2) is 4.62. The molecule has 0 heterocycles. The van der Waals surface area contributed by atoms with Crippen molar-refractivity contribution in [1.82, 2.24) is 4.72 Å². The van der Waals surface area contributed by atoms with Crippen LogP contribution in [0.25, 0.3) is 0 Å².